The number of nitrogens with zero attached hydrogens (tertiary/aromatic N) is 5. The Morgan fingerprint density at radius 3 is 2.52 bits per heavy atom. The van der Waals surface area contributed by atoms with E-state index < -0.39 is 0 Å². The molecular weight excluding hydrogens is 342 g/mol. The Morgan fingerprint density at radius 1 is 1.11 bits per heavy atom. The van der Waals surface area contributed by atoms with E-state index >= 15 is 0 Å². The number of hydrogen-bond donors (Lipinski definition) is 0. The van der Waals surface area contributed by atoms with Gasteiger partial charge in [-0.3, -0.25) is 14.4 Å². The molecule has 4 rings (SSSR count). The summed E-state index contributed by atoms with van der Waals surface area (Å²) in [6.07, 6.45) is 0.831. The minimum absolute atomic E-state index is 0.0501. The molecule has 27 heavy (non-hydrogen) atoms. The van der Waals surface area contributed by atoms with E-state index in [0.29, 0.717) is 18.9 Å². The van der Waals surface area contributed by atoms with Crippen molar-refractivity contribution in [1.82, 2.24) is 24.1 Å². The van der Waals surface area contributed by atoms with Crippen LogP contribution in [0.15, 0.2) is 12.1 Å². The molecule has 1 amide bonds. The van der Waals surface area contributed by atoms with Crippen LogP contribution in [-0.4, -0.2) is 69.4 Å². The predicted molar refractivity (Wildman–Crippen MR) is 103 cm³/mol. The van der Waals surface area contributed by atoms with Crippen molar-refractivity contribution in [3.63, 3.8) is 0 Å². The number of amides is 1. The van der Waals surface area contributed by atoms with Crippen molar-refractivity contribution in [3.8, 4) is 0 Å². The minimum atomic E-state index is 0.0501. The Labute approximate surface area is 160 Å². The van der Waals surface area contributed by atoms with Gasteiger partial charge in [0.15, 0.2) is 5.69 Å². The summed E-state index contributed by atoms with van der Waals surface area (Å²) in [5.41, 5.74) is 5.32. The molecule has 0 spiro atoms. The zero-order valence-electron chi connectivity index (χ0n) is 16.6. The van der Waals surface area contributed by atoms with Crippen molar-refractivity contribution >= 4 is 5.91 Å². The standard InChI is InChI=1S/C20H29N5O2/c1-15-4-5-16(2)25(15)12-9-23-7-10-24(11-8-23)20(26)19-17-14-27-13-6-18(17)22(3)21-19/h4-5H,6-14H2,1-3H3. The quantitative estimate of drug-likeness (QED) is 0.815. The highest BCUT2D eigenvalue weighted by atomic mass is 16.5. The molecule has 0 atom stereocenters. The number of piperazine rings is 1. The van der Waals surface area contributed by atoms with Crippen molar-refractivity contribution < 1.29 is 9.53 Å². The van der Waals surface area contributed by atoms with Crippen molar-refractivity contribution in [3.05, 3.63) is 40.5 Å². The zero-order valence-corrected chi connectivity index (χ0v) is 16.6. The summed E-state index contributed by atoms with van der Waals surface area (Å²) >= 11 is 0. The van der Waals surface area contributed by atoms with Crippen molar-refractivity contribution in [2.75, 3.05) is 39.3 Å². The van der Waals surface area contributed by atoms with E-state index in [1.165, 1.54) is 11.4 Å². The molecule has 0 saturated carbocycles. The smallest absolute Gasteiger partial charge is 0.274 e. The second-order valence-electron chi connectivity index (χ2n) is 7.60. The molecule has 7 nitrogen and oxygen atoms in total. The van der Waals surface area contributed by atoms with Gasteiger partial charge >= 0.3 is 0 Å². The fraction of sp³-hybridized carbons (Fsp3) is 0.600. The summed E-state index contributed by atoms with van der Waals surface area (Å²) in [7, 11) is 1.92. The predicted octanol–water partition coefficient (Wildman–Crippen LogP) is 1.37. The summed E-state index contributed by atoms with van der Waals surface area (Å²) in [6, 6.07) is 4.34. The molecule has 0 bridgehead atoms. The van der Waals surface area contributed by atoms with Gasteiger partial charge in [0.1, 0.15) is 0 Å². The third-order valence-corrected chi connectivity index (χ3v) is 5.92. The zero-order chi connectivity index (χ0) is 19.0. The van der Waals surface area contributed by atoms with Crippen molar-refractivity contribution in [2.45, 2.75) is 33.4 Å². The van der Waals surface area contributed by atoms with Gasteiger partial charge in [0.05, 0.1) is 13.2 Å². The highest BCUT2D eigenvalue weighted by Gasteiger charge is 2.29. The normalized spacial score (nSPS) is 18.0. The van der Waals surface area contributed by atoms with Crippen molar-refractivity contribution in [2.24, 2.45) is 7.05 Å². The first-order chi connectivity index (χ1) is 13.0. The minimum Gasteiger partial charge on any atom is -0.376 e. The second kappa shape index (κ2) is 7.48. The number of ether oxygens (including phenoxy) is 1. The molecule has 2 aliphatic heterocycles. The van der Waals surface area contributed by atoms with Crippen LogP contribution >= 0.6 is 0 Å². The van der Waals surface area contributed by atoms with Gasteiger partial charge in [-0.1, -0.05) is 0 Å². The average molecular weight is 371 g/mol. The number of fused-ring (bicyclic) bond motifs is 1. The fourth-order valence-corrected chi connectivity index (χ4v) is 4.20. The van der Waals surface area contributed by atoms with E-state index in [4.69, 9.17) is 4.74 Å². The first kappa shape index (κ1) is 18.3. The van der Waals surface area contributed by atoms with Gasteiger partial charge in [0, 0.05) is 75.4 Å². The molecule has 1 fully saturated rings. The number of aryl methyl sites for hydroxylation is 3. The highest BCUT2D eigenvalue weighted by Crippen LogP contribution is 2.22. The molecule has 2 aromatic rings. The lowest BCUT2D eigenvalue weighted by Crippen LogP contribution is -2.49. The molecule has 0 unspecified atom stereocenters. The van der Waals surface area contributed by atoms with Gasteiger partial charge in [-0.05, 0) is 26.0 Å². The van der Waals surface area contributed by atoms with Gasteiger partial charge in [-0.15, -0.1) is 0 Å². The largest absolute Gasteiger partial charge is 0.376 e. The SMILES string of the molecule is Cc1ccc(C)n1CCN1CCN(C(=O)c2nn(C)c3c2COCC3)CC1. The van der Waals surface area contributed by atoms with E-state index in [2.05, 4.69) is 40.5 Å². The number of carbonyl (C=O) groups is 1. The second-order valence-corrected chi connectivity index (χ2v) is 7.60. The van der Waals surface area contributed by atoms with E-state index in [1.54, 1.807) is 0 Å². The average Bonchev–Trinajstić information content (AvgIpc) is 3.20. The lowest BCUT2D eigenvalue weighted by Gasteiger charge is -2.34. The van der Waals surface area contributed by atoms with Gasteiger partial charge < -0.3 is 14.2 Å². The van der Waals surface area contributed by atoms with Gasteiger partial charge in [-0.25, -0.2) is 0 Å². The maximum absolute atomic E-state index is 13.0. The monoisotopic (exact) mass is 371 g/mol. The Hall–Kier alpha value is -2.12. The number of hydrogen-bond acceptors (Lipinski definition) is 4. The van der Waals surface area contributed by atoms with Gasteiger partial charge in [0.25, 0.3) is 5.91 Å². The third kappa shape index (κ3) is 3.53. The summed E-state index contributed by atoms with van der Waals surface area (Å²) in [6.45, 7) is 10.9. The molecule has 4 heterocycles. The molecule has 7 heteroatoms. The van der Waals surface area contributed by atoms with Crippen LogP contribution in [0.3, 0.4) is 0 Å². The van der Waals surface area contributed by atoms with Crippen LogP contribution in [0.4, 0.5) is 0 Å². The van der Waals surface area contributed by atoms with Crippen molar-refractivity contribution in [1.29, 1.82) is 0 Å². The van der Waals surface area contributed by atoms with Crippen LogP contribution in [0.1, 0.15) is 33.1 Å². The summed E-state index contributed by atoms with van der Waals surface area (Å²) in [5, 5.41) is 4.50. The Kier molecular flexibility index (Phi) is 5.06. The molecule has 0 aliphatic carbocycles. The molecule has 2 aromatic heterocycles. The number of carbonyl (C=O) groups excluding carboxylic acids is 1. The molecule has 0 aromatic carbocycles. The van der Waals surface area contributed by atoms with E-state index in [0.717, 1.165) is 56.9 Å². The van der Waals surface area contributed by atoms with E-state index in [9.17, 15) is 4.79 Å². The summed E-state index contributed by atoms with van der Waals surface area (Å²) < 4.78 is 9.77. The highest BCUT2D eigenvalue weighted by molar-refractivity contribution is 5.94. The molecule has 146 valence electrons. The van der Waals surface area contributed by atoms with E-state index in [1.807, 2.05) is 16.6 Å². The first-order valence-electron chi connectivity index (χ1n) is 9.81. The molecule has 0 radical (unpaired) electrons. The Morgan fingerprint density at radius 2 is 1.81 bits per heavy atom. The van der Waals surface area contributed by atoms with Crippen LogP contribution in [0, 0.1) is 13.8 Å². The van der Waals surface area contributed by atoms with Crippen LogP contribution in [-0.2, 0) is 31.4 Å². The topological polar surface area (TPSA) is 55.5 Å². The maximum atomic E-state index is 13.0. The maximum Gasteiger partial charge on any atom is 0.274 e. The third-order valence-electron chi connectivity index (χ3n) is 5.92. The van der Waals surface area contributed by atoms with Crippen LogP contribution in [0.2, 0.25) is 0 Å². The van der Waals surface area contributed by atoms with Gasteiger partial charge in [-0.2, -0.15) is 5.10 Å². The lowest BCUT2D eigenvalue weighted by molar-refractivity contribution is 0.0617. The molecule has 1 saturated heterocycles. The molecule has 2 aliphatic rings. The van der Waals surface area contributed by atoms with Crippen LogP contribution in [0.5, 0.6) is 0 Å². The fourth-order valence-electron chi connectivity index (χ4n) is 4.20. The molecule has 0 N–H and O–H groups in total. The summed E-state index contributed by atoms with van der Waals surface area (Å²) in [5.74, 6) is 0.0501. The summed E-state index contributed by atoms with van der Waals surface area (Å²) in [4.78, 5) is 17.4. The van der Waals surface area contributed by atoms with Crippen LogP contribution in [0.25, 0.3) is 0 Å². The Bertz CT molecular complexity index is 810. The lowest BCUT2D eigenvalue weighted by atomic mass is 10.1. The number of aromatic nitrogens is 3. The number of rotatable bonds is 4. The van der Waals surface area contributed by atoms with E-state index in [-0.39, 0.29) is 5.91 Å². The van der Waals surface area contributed by atoms with Crippen LogP contribution < -0.4 is 0 Å². The van der Waals surface area contributed by atoms with Gasteiger partial charge in [0.2, 0.25) is 0 Å². The molecular formula is C20H29N5O2. The Balaban J connectivity index is 1.35. The first-order valence-corrected chi connectivity index (χ1v) is 9.81.